The van der Waals surface area contributed by atoms with Crippen molar-refractivity contribution in [1.29, 1.82) is 0 Å². The molecule has 0 aliphatic carbocycles. The number of esters is 1. The molecule has 0 unspecified atom stereocenters. The summed E-state index contributed by atoms with van der Waals surface area (Å²) in [6.07, 6.45) is -4.54. The molecule has 0 aliphatic heterocycles. The van der Waals surface area contributed by atoms with Crippen LogP contribution in [0.2, 0.25) is 0 Å². The standard InChI is InChI=1S/C22H19F3N4O2/c1-21(2,3)31-20(30)16-17-19(28-15-10-5-4-9-14(15)27-17)29(18(16)26)13-8-6-7-12(11-13)22(23,24)25/h4-11H,26H2,1-3H3. The molecule has 0 amide bonds. The van der Waals surface area contributed by atoms with E-state index in [1.54, 1.807) is 45.0 Å². The Morgan fingerprint density at radius 2 is 1.65 bits per heavy atom. The topological polar surface area (TPSA) is 83.0 Å². The van der Waals surface area contributed by atoms with E-state index in [1.807, 2.05) is 0 Å². The molecule has 0 atom stereocenters. The van der Waals surface area contributed by atoms with Crippen LogP contribution in [0.5, 0.6) is 0 Å². The van der Waals surface area contributed by atoms with Crippen molar-refractivity contribution in [3.05, 3.63) is 59.7 Å². The van der Waals surface area contributed by atoms with E-state index in [1.165, 1.54) is 16.7 Å². The fourth-order valence-corrected chi connectivity index (χ4v) is 3.27. The predicted molar refractivity (Wildman–Crippen MR) is 111 cm³/mol. The summed E-state index contributed by atoms with van der Waals surface area (Å²) in [6, 6.07) is 11.6. The summed E-state index contributed by atoms with van der Waals surface area (Å²) in [5.41, 5.74) is 6.05. The number of rotatable bonds is 2. The molecule has 2 N–H and O–H groups in total. The molecule has 0 saturated heterocycles. The number of fused-ring (bicyclic) bond motifs is 2. The van der Waals surface area contributed by atoms with Gasteiger partial charge in [0.05, 0.1) is 16.6 Å². The smallest absolute Gasteiger partial charge is 0.416 e. The number of nitrogens with two attached hydrogens (primary N) is 1. The highest BCUT2D eigenvalue weighted by Crippen LogP contribution is 2.35. The van der Waals surface area contributed by atoms with Gasteiger partial charge in [-0.15, -0.1) is 0 Å². The normalized spacial score (nSPS) is 12.5. The van der Waals surface area contributed by atoms with Crippen molar-refractivity contribution in [1.82, 2.24) is 14.5 Å². The zero-order valence-corrected chi connectivity index (χ0v) is 17.0. The number of carbonyl (C=O) groups excluding carboxylic acids is 1. The van der Waals surface area contributed by atoms with Crippen LogP contribution in [0.15, 0.2) is 48.5 Å². The average Bonchev–Trinajstić information content (AvgIpc) is 2.95. The third kappa shape index (κ3) is 3.78. The Kier molecular flexibility index (Phi) is 4.64. The number of para-hydroxylation sites is 2. The van der Waals surface area contributed by atoms with Crippen molar-refractivity contribution in [3.8, 4) is 5.69 Å². The van der Waals surface area contributed by atoms with Crippen LogP contribution in [0.3, 0.4) is 0 Å². The van der Waals surface area contributed by atoms with Gasteiger partial charge in [0.2, 0.25) is 0 Å². The predicted octanol–water partition coefficient (Wildman–Crippen LogP) is 5.13. The number of anilines is 1. The summed E-state index contributed by atoms with van der Waals surface area (Å²) in [4.78, 5) is 22.0. The number of alkyl halides is 3. The minimum atomic E-state index is -4.54. The summed E-state index contributed by atoms with van der Waals surface area (Å²) < 4.78 is 46.6. The maximum absolute atomic E-state index is 13.3. The van der Waals surface area contributed by atoms with Crippen molar-refractivity contribution in [2.45, 2.75) is 32.5 Å². The van der Waals surface area contributed by atoms with Gasteiger partial charge in [-0.05, 0) is 51.1 Å². The van der Waals surface area contributed by atoms with Gasteiger partial charge in [-0.3, -0.25) is 4.57 Å². The molecule has 0 spiro atoms. The van der Waals surface area contributed by atoms with Crippen molar-refractivity contribution < 1.29 is 22.7 Å². The number of benzene rings is 2. The lowest BCUT2D eigenvalue weighted by atomic mass is 10.2. The zero-order chi connectivity index (χ0) is 22.6. The lowest BCUT2D eigenvalue weighted by Gasteiger charge is -2.19. The molecule has 0 radical (unpaired) electrons. The van der Waals surface area contributed by atoms with Gasteiger partial charge in [-0.2, -0.15) is 13.2 Å². The van der Waals surface area contributed by atoms with Gasteiger partial charge in [0, 0.05) is 5.69 Å². The zero-order valence-electron chi connectivity index (χ0n) is 17.0. The molecule has 2 aromatic heterocycles. The van der Waals surface area contributed by atoms with E-state index in [0.717, 1.165) is 12.1 Å². The van der Waals surface area contributed by atoms with Crippen LogP contribution in [0, 0.1) is 0 Å². The summed E-state index contributed by atoms with van der Waals surface area (Å²) in [6.45, 7) is 5.11. The average molecular weight is 428 g/mol. The second-order valence-electron chi connectivity index (χ2n) is 8.03. The Hall–Kier alpha value is -3.62. The molecule has 2 aromatic carbocycles. The minimum Gasteiger partial charge on any atom is -0.456 e. The number of hydrogen-bond donors (Lipinski definition) is 1. The van der Waals surface area contributed by atoms with Crippen LogP contribution in [-0.4, -0.2) is 26.1 Å². The SMILES string of the molecule is CC(C)(C)OC(=O)c1c(N)n(-c2cccc(C(F)(F)F)c2)c2nc3ccccc3nc12. The van der Waals surface area contributed by atoms with E-state index in [-0.39, 0.29) is 28.2 Å². The summed E-state index contributed by atoms with van der Waals surface area (Å²) >= 11 is 0. The Balaban J connectivity index is 2.05. The summed E-state index contributed by atoms with van der Waals surface area (Å²) in [5, 5.41) is 0. The molecular formula is C22H19F3N4O2. The van der Waals surface area contributed by atoms with E-state index in [2.05, 4.69) is 9.97 Å². The molecule has 31 heavy (non-hydrogen) atoms. The first kappa shape index (κ1) is 20.6. The minimum absolute atomic E-state index is 0.0411. The monoisotopic (exact) mass is 428 g/mol. The Morgan fingerprint density at radius 1 is 1.00 bits per heavy atom. The molecule has 4 rings (SSSR count). The number of nitrogens with zero attached hydrogens (tertiary/aromatic N) is 3. The molecule has 0 bridgehead atoms. The van der Waals surface area contributed by atoms with Gasteiger partial charge >= 0.3 is 12.1 Å². The largest absolute Gasteiger partial charge is 0.456 e. The van der Waals surface area contributed by atoms with Crippen LogP contribution in [-0.2, 0) is 10.9 Å². The van der Waals surface area contributed by atoms with Crippen LogP contribution in [0.1, 0.15) is 36.7 Å². The van der Waals surface area contributed by atoms with Crippen molar-refractivity contribution >= 4 is 34.0 Å². The van der Waals surface area contributed by atoms with E-state index in [9.17, 15) is 18.0 Å². The third-order valence-electron chi connectivity index (χ3n) is 4.53. The van der Waals surface area contributed by atoms with E-state index in [0.29, 0.717) is 11.0 Å². The van der Waals surface area contributed by atoms with Crippen molar-refractivity contribution in [2.75, 3.05) is 5.73 Å². The molecule has 9 heteroatoms. The van der Waals surface area contributed by atoms with Crippen LogP contribution < -0.4 is 5.73 Å². The second-order valence-corrected chi connectivity index (χ2v) is 8.03. The van der Waals surface area contributed by atoms with Crippen LogP contribution >= 0.6 is 0 Å². The fraction of sp³-hybridized carbons (Fsp3) is 0.227. The van der Waals surface area contributed by atoms with Crippen LogP contribution in [0.4, 0.5) is 19.0 Å². The third-order valence-corrected chi connectivity index (χ3v) is 4.53. The highest BCUT2D eigenvalue weighted by atomic mass is 19.4. The van der Waals surface area contributed by atoms with Crippen LogP contribution in [0.25, 0.3) is 27.9 Å². The van der Waals surface area contributed by atoms with E-state index >= 15 is 0 Å². The van der Waals surface area contributed by atoms with Gasteiger partial charge in [0.15, 0.2) is 5.65 Å². The summed E-state index contributed by atoms with van der Waals surface area (Å²) in [5.74, 6) is -0.829. The van der Waals surface area contributed by atoms with Crippen molar-refractivity contribution in [3.63, 3.8) is 0 Å². The number of hydrogen-bond acceptors (Lipinski definition) is 5. The summed E-state index contributed by atoms with van der Waals surface area (Å²) in [7, 11) is 0. The van der Waals surface area contributed by atoms with Gasteiger partial charge in [0.25, 0.3) is 0 Å². The molecular weight excluding hydrogens is 409 g/mol. The van der Waals surface area contributed by atoms with E-state index in [4.69, 9.17) is 10.5 Å². The maximum Gasteiger partial charge on any atom is 0.416 e. The number of carbonyl (C=O) groups is 1. The number of halogens is 3. The molecule has 4 aromatic rings. The first-order chi connectivity index (χ1) is 14.5. The first-order valence-corrected chi connectivity index (χ1v) is 9.43. The van der Waals surface area contributed by atoms with Gasteiger partial charge in [-0.25, -0.2) is 14.8 Å². The number of aromatic nitrogens is 3. The fourth-order valence-electron chi connectivity index (χ4n) is 3.27. The molecule has 0 saturated carbocycles. The van der Waals surface area contributed by atoms with Crippen molar-refractivity contribution in [2.24, 2.45) is 0 Å². The lowest BCUT2D eigenvalue weighted by molar-refractivity contribution is -0.137. The Bertz CT molecular complexity index is 1320. The van der Waals surface area contributed by atoms with Gasteiger partial charge in [0.1, 0.15) is 22.5 Å². The Labute approximate surface area is 175 Å². The molecule has 0 aliphatic rings. The highest BCUT2D eigenvalue weighted by molar-refractivity contribution is 6.09. The highest BCUT2D eigenvalue weighted by Gasteiger charge is 2.32. The molecule has 6 nitrogen and oxygen atoms in total. The second kappa shape index (κ2) is 6.97. The first-order valence-electron chi connectivity index (χ1n) is 9.43. The maximum atomic E-state index is 13.3. The quantitative estimate of drug-likeness (QED) is 0.448. The van der Waals surface area contributed by atoms with E-state index < -0.39 is 23.3 Å². The lowest BCUT2D eigenvalue weighted by Crippen LogP contribution is -2.24. The number of nitrogen functional groups attached to an aromatic ring is 1. The van der Waals surface area contributed by atoms with Gasteiger partial charge < -0.3 is 10.5 Å². The molecule has 0 fully saturated rings. The molecule has 2 heterocycles. The van der Waals surface area contributed by atoms with Gasteiger partial charge in [-0.1, -0.05) is 18.2 Å². The number of ether oxygens (including phenoxy) is 1. The Morgan fingerprint density at radius 3 is 2.26 bits per heavy atom. The molecule has 160 valence electrons.